The van der Waals surface area contributed by atoms with Crippen LogP contribution in [0.4, 0.5) is 5.69 Å². The fraction of sp³-hybridized carbons (Fsp3) is 0.467. The summed E-state index contributed by atoms with van der Waals surface area (Å²) in [6.45, 7) is 6.96. The summed E-state index contributed by atoms with van der Waals surface area (Å²) >= 11 is 0. The number of nitrogens with zero attached hydrogens (tertiary/aromatic N) is 2. The standard InChI is InChI=1S/C15H20N2O2/c1-15(2,3)12-4-6-13(7-5-12)17(11-9-16)10-8-14(18)19/h4-7H,8,10-11H2,1-3H3,(H,18,19). The molecule has 4 heteroatoms. The van der Waals surface area contributed by atoms with Gasteiger partial charge in [0.2, 0.25) is 0 Å². The molecule has 1 N–H and O–H groups in total. The van der Waals surface area contributed by atoms with Crippen molar-refractivity contribution in [2.45, 2.75) is 32.6 Å². The SMILES string of the molecule is CC(C)(C)c1ccc(N(CC#N)CCC(=O)O)cc1. The summed E-state index contributed by atoms with van der Waals surface area (Å²) in [4.78, 5) is 12.4. The Morgan fingerprint density at radius 2 is 1.89 bits per heavy atom. The van der Waals surface area contributed by atoms with E-state index in [1.54, 1.807) is 4.90 Å². The molecule has 0 aliphatic rings. The molecule has 0 atom stereocenters. The van der Waals surface area contributed by atoms with E-state index in [4.69, 9.17) is 10.4 Å². The summed E-state index contributed by atoms with van der Waals surface area (Å²) < 4.78 is 0. The van der Waals surface area contributed by atoms with Gasteiger partial charge in [-0.25, -0.2) is 0 Å². The number of anilines is 1. The highest BCUT2D eigenvalue weighted by Crippen LogP contribution is 2.24. The lowest BCUT2D eigenvalue weighted by Crippen LogP contribution is -2.26. The van der Waals surface area contributed by atoms with Gasteiger partial charge < -0.3 is 10.0 Å². The van der Waals surface area contributed by atoms with Crippen LogP contribution in [0.3, 0.4) is 0 Å². The second kappa shape index (κ2) is 6.24. The van der Waals surface area contributed by atoms with E-state index in [2.05, 4.69) is 26.8 Å². The number of rotatable bonds is 5. The van der Waals surface area contributed by atoms with E-state index >= 15 is 0 Å². The van der Waals surface area contributed by atoms with Crippen molar-refractivity contribution >= 4 is 11.7 Å². The summed E-state index contributed by atoms with van der Waals surface area (Å²) in [6, 6.07) is 10.0. The molecule has 0 unspecified atom stereocenters. The normalized spacial score (nSPS) is 10.8. The lowest BCUT2D eigenvalue weighted by Gasteiger charge is -2.23. The summed E-state index contributed by atoms with van der Waals surface area (Å²) in [7, 11) is 0. The number of carboxylic acids is 1. The third-order valence-electron chi connectivity index (χ3n) is 2.96. The van der Waals surface area contributed by atoms with Crippen molar-refractivity contribution in [1.29, 1.82) is 5.26 Å². The van der Waals surface area contributed by atoms with Crippen molar-refractivity contribution in [2.24, 2.45) is 0 Å². The molecule has 1 aromatic carbocycles. The molecular formula is C15H20N2O2. The van der Waals surface area contributed by atoms with Gasteiger partial charge in [-0.2, -0.15) is 5.26 Å². The fourth-order valence-corrected chi connectivity index (χ4v) is 1.79. The lowest BCUT2D eigenvalue weighted by atomic mass is 9.87. The Kier molecular flexibility index (Phi) is 4.94. The van der Waals surface area contributed by atoms with Crippen molar-refractivity contribution in [3.05, 3.63) is 29.8 Å². The molecule has 0 spiro atoms. The average Bonchev–Trinajstić information content (AvgIpc) is 2.33. The summed E-state index contributed by atoms with van der Waals surface area (Å²) in [5, 5.41) is 17.5. The maximum atomic E-state index is 10.6. The molecule has 0 bridgehead atoms. The molecule has 0 aromatic heterocycles. The van der Waals surface area contributed by atoms with Crippen molar-refractivity contribution in [3.8, 4) is 6.07 Å². The van der Waals surface area contributed by atoms with Crippen LogP contribution < -0.4 is 4.90 Å². The van der Waals surface area contributed by atoms with Crippen LogP contribution in [0.1, 0.15) is 32.8 Å². The van der Waals surface area contributed by atoms with Gasteiger partial charge in [0.25, 0.3) is 0 Å². The number of hydrogen-bond acceptors (Lipinski definition) is 3. The molecule has 1 aromatic rings. The Labute approximate surface area is 114 Å². The summed E-state index contributed by atoms with van der Waals surface area (Å²) in [6.07, 6.45) is 0.0305. The molecular weight excluding hydrogens is 240 g/mol. The first-order chi connectivity index (χ1) is 8.84. The van der Waals surface area contributed by atoms with Crippen LogP contribution in [0, 0.1) is 11.3 Å². The third kappa shape index (κ3) is 4.63. The average molecular weight is 260 g/mol. The van der Waals surface area contributed by atoms with Crippen LogP contribution >= 0.6 is 0 Å². The van der Waals surface area contributed by atoms with Crippen LogP contribution in [-0.2, 0) is 10.2 Å². The largest absolute Gasteiger partial charge is 0.481 e. The van der Waals surface area contributed by atoms with Crippen molar-refractivity contribution in [2.75, 3.05) is 18.0 Å². The number of carboxylic acid groups (broad SMARTS) is 1. The first-order valence-corrected chi connectivity index (χ1v) is 6.29. The molecule has 19 heavy (non-hydrogen) atoms. The van der Waals surface area contributed by atoms with Crippen LogP contribution in [0.5, 0.6) is 0 Å². The number of benzene rings is 1. The molecule has 0 aliphatic heterocycles. The Morgan fingerprint density at radius 3 is 2.32 bits per heavy atom. The number of nitriles is 1. The Morgan fingerprint density at radius 1 is 1.32 bits per heavy atom. The number of carbonyl (C=O) groups is 1. The highest BCUT2D eigenvalue weighted by atomic mass is 16.4. The highest BCUT2D eigenvalue weighted by Gasteiger charge is 2.14. The molecule has 0 saturated carbocycles. The Balaban J connectivity index is 2.85. The molecule has 102 valence electrons. The highest BCUT2D eigenvalue weighted by molar-refractivity contribution is 5.67. The lowest BCUT2D eigenvalue weighted by molar-refractivity contribution is -0.136. The Bertz CT molecular complexity index is 466. The zero-order chi connectivity index (χ0) is 14.5. The summed E-state index contributed by atoms with van der Waals surface area (Å²) in [5.74, 6) is -0.853. The molecule has 0 saturated heterocycles. The van der Waals surface area contributed by atoms with Gasteiger partial charge in [0, 0.05) is 12.2 Å². The van der Waals surface area contributed by atoms with Crippen molar-refractivity contribution in [1.82, 2.24) is 0 Å². The number of hydrogen-bond donors (Lipinski definition) is 1. The van der Waals surface area contributed by atoms with Gasteiger partial charge >= 0.3 is 5.97 Å². The summed E-state index contributed by atoms with van der Waals surface area (Å²) in [5.41, 5.74) is 2.18. The Hall–Kier alpha value is -2.02. The van der Waals surface area contributed by atoms with E-state index in [-0.39, 0.29) is 18.4 Å². The van der Waals surface area contributed by atoms with Gasteiger partial charge in [-0.15, -0.1) is 0 Å². The topological polar surface area (TPSA) is 64.3 Å². The van der Waals surface area contributed by atoms with E-state index in [1.165, 1.54) is 5.56 Å². The second-order valence-corrected chi connectivity index (χ2v) is 5.52. The quantitative estimate of drug-likeness (QED) is 0.827. The van der Waals surface area contributed by atoms with Crippen LogP contribution in [0.2, 0.25) is 0 Å². The van der Waals surface area contributed by atoms with Crippen LogP contribution in [-0.4, -0.2) is 24.2 Å². The molecule has 0 fully saturated rings. The second-order valence-electron chi connectivity index (χ2n) is 5.52. The molecule has 4 nitrogen and oxygen atoms in total. The van der Waals surface area contributed by atoms with Crippen LogP contribution in [0.15, 0.2) is 24.3 Å². The van der Waals surface area contributed by atoms with E-state index in [0.29, 0.717) is 6.54 Å². The first-order valence-electron chi connectivity index (χ1n) is 6.29. The minimum absolute atomic E-state index is 0.0305. The van der Waals surface area contributed by atoms with Gasteiger partial charge in [-0.05, 0) is 23.1 Å². The maximum absolute atomic E-state index is 10.6. The van der Waals surface area contributed by atoms with E-state index in [1.807, 2.05) is 24.3 Å². The monoisotopic (exact) mass is 260 g/mol. The predicted octanol–water partition coefficient (Wildman–Crippen LogP) is 2.79. The number of aliphatic carboxylic acids is 1. The predicted molar refractivity (Wildman–Crippen MR) is 75.2 cm³/mol. The molecule has 0 amide bonds. The van der Waals surface area contributed by atoms with E-state index in [9.17, 15) is 4.79 Å². The molecule has 1 rings (SSSR count). The molecule has 0 aliphatic carbocycles. The first kappa shape index (κ1) is 15.0. The fourth-order valence-electron chi connectivity index (χ4n) is 1.79. The third-order valence-corrected chi connectivity index (χ3v) is 2.96. The van der Waals surface area contributed by atoms with Gasteiger partial charge in [0.15, 0.2) is 0 Å². The zero-order valence-corrected chi connectivity index (χ0v) is 11.7. The van der Waals surface area contributed by atoms with Crippen molar-refractivity contribution in [3.63, 3.8) is 0 Å². The zero-order valence-electron chi connectivity index (χ0n) is 11.7. The van der Waals surface area contributed by atoms with Crippen molar-refractivity contribution < 1.29 is 9.90 Å². The maximum Gasteiger partial charge on any atom is 0.305 e. The van der Waals surface area contributed by atoms with Gasteiger partial charge in [-0.1, -0.05) is 32.9 Å². The van der Waals surface area contributed by atoms with Gasteiger partial charge in [0.1, 0.15) is 6.54 Å². The smallest absolute Gasteiger partial charge is 0.305 e. The van der Waals surface area contributed by atoms with Gasteiger partial charge in [-0.3, -0.25) is 4.79 Å². The molecule has 0 radical (unpaired) electrons. The molecule has 0 heterocycles. The minimum atomic E-state index is -0.853. The van der Waals surface area contributed by atoms with E-state index < -0.39 is 5.97 Å². The minimum Gasteiger partial charge on any atom is -0.481 e. The van der Waals surface area contributed by atoms with Gasteiger partial charge in [0.05, 0.1) is 12.5 Å². The van der Waals surface area contributed by atoms with Crippen LogP contribution in [0.25, 0.3) is 0 Å². The van der Waals surface area contributed by atoms with E-state index in [0.717, 1.165) is 5.69 Å².